The number of nitrogens with zero attached hydrogens (tertiary/aromatic N) is 2. The molecule has 2 fully saturated rings. The van der Waals surface area contributed by atoms with Gasteiger partial charge in [-0.05, 0) is 59.7 Å². The van der Waals surface area contributed by atoms with Crippen molar-refractivity contribution in [3.63, 3.8) is 0 Å². The fourth-order valence-electron chi connectivity index (χ4n) is 3.76. The third-order valence-electron chi connectivity index (χ3n) is 5.17. The number of benzene rings is 1. The molecule has 1 heterocycles. The Morgan fingerprint density at radius 3 is 2.32 bits per heavy atom. The van der Waals surface area contributed by atoms with Crippen molar-refractivity contribution in [2.75, 3.05) is 37.7 Å². The second-order valence-corrected chi connectivity index (χ2v) is 10.5. The zero-order valence-electron chi connectivity index (χ0n) is 19.9. The van der Waals surface area contributed by atoms with Crippen LogP contribution in [0.5, 0.6) is 0 Å². The van der Waals surface area contributed by atoms with E-state index in [1.54, 1.807) is 0 Å². The molecule has 1 aromatic carbocycles. The van der Waals surface area contributed by atoms with E-state index in [0.717, 1.165) is 37.4 Å². The molecule has 1 aliphatic carbocycles. The van der Waals surface area contributed by atoms with Crippen molar-refractivity contribution in [3.05, 3.63) is 29.8 Å². The summed E-state index contributed by atoms with van der Waals surface area (Å²) in [6.45, 7) is 15.8. The first-order valence-corrected chi connectivity index (χ1v) is 11.2. The molecule has 1 N–H and O–H groups in total. The summed E-state index contributed by atoms with van der Waals surface area (Å²) in [5.74, 6) is 5.19. The minimum Gasteiger partial charge on any atom is -0.372 e. The van der Waals surface area contributed by atoms with Gasteiger partial charge in [-0.3, -0.25) is 4.84 Å². The van der Waals surface area contributed by atoms with Gasteiger partial charge in [0.2, 0.25) is 0 Å². The summed E-state index contributed by atoms with van der Waals surface area (Å²) >= 11 is 0. The maximum absolute atomic E-state index is 10.6. The number of hydrogen-bond acceptors (Lipinski definition) is 6. The van der Waals surface area contributed by atoms with Gasteiger partial charge in [-0.2, -0.15) is 5.06 Å². The lowest BCUT2D eigenvalue weighted by atomic mass is 9.87. The average Bonchev–Trinajstić information content (AvgIpc) is 2.63. The van der Waals surface area contributed by atoms with Gasteiger partial charge in [-0.25, -0.2) is 0 Å². The molecule has 3 rings (SSSR count). The predicted octanol–water partition coefficient (Wildman–Crippen LogP) is 3.57. The van der Waals surface area contributed by atoms with E-state index in [2.05, 4.69) is 28.9 Å². The summed E-state index contributed by atoms with van der Waals surface area (Å²) in [6.07, 6.45) is 1.10. The Bertz CT molecular complexity index is 786. The lowest BCUT2D eigenvalue weighted by Gasteiger charge is -2.47. The SMILES string of the molecule is CC(C)(C)OCC#Cc1cccc(N2CCN(OC3(O)CC(OC(C)(C)C)C3)CC2)c1. The molecular formula is C25H38N2O4. The van der Waals surface area contributed by atoms with Crippen LogP contribution in [0.1, 0.15) is 59.9 Å². The third kappa shape index (κ3) is 7.78. The number of ether oxygens (including phenoxy) is 2. The molecule has 6 nitrogen and oxygen atoms in total. The van der Waals surface area contributed by atoms with Crippen LogP contribution in [-0.4, -0.2) is 66.0 Å². The molecule has 1 saturated carbocycles. The topological polar surface area (TPSA) is 54.4 Å². The van der Waals surface area contributed by atoms with Crippen molar-refractivity contribution in [3.8, 4) is 11.8 Å². The Balaban J connectivity index is 1.45. The van der Waals surface area contributed by atoms with Crippen LogP contribution in [0, 0.1) is 11.8 Å². The maximum atomic E-state index is 10.6. The van der Waals surface area contributed by atoms with Crippen molar-refractivity contribution in [1.29, 1.82) is 0 Å². The Morgan fingerprint density at radius 1 is 1.03 bits per heavy atom. The molecule has 1 aromatic rings. The standard InChI is InChI=1S/C25H38N2O4/c1-23(2,3)29-16-8-10-20-9-7-11-21(17-20)26-12-14-27(15-13-26)31-25(28)18-22(19-25)30-24(4,5)6/h7,9,11,17,22,28H,12-16,18-19H2,1-6H3. The van der Waals surface area contributed by atoms with Crippen LogP contribution in [-0.2, 0) is 14.3 Å². The molecule has 0 unspecified atom stereocenters. The molecule has 0 radical (unpaired) electrons. The van der Waals surface area contributed by atoms with E-state index in [9.17, 15) is 5.11 Å². The lowest BCUT2D eigenvalue weighted by molar-refractivity contribution is -0.382. The van der Waals surface area contributed by atoms with Crippen LogP contribution >= 0.6 is 0 Å². The summed E-state index contributed by atoms with van der Waals surface area (Å²) in [4.78, 5) is 8.23. The van der Waals surface area contributed by atoms with Gasteiger partial charge in [-0.15, -0.1) is 0 Å². The average molecular weight is 431 g/mol. The number of aliphatic hydroxyl groups is 1. The first-order valence-electron chi connectivity index (χ1n) is 11.2. The zero-order chi connectivity index (χ0) is 22.7. The van der Waals surface area contributed by atoms with E-state index in [-0.39, 0.29) is 17.3 Å². The van der Waals surface area contributed by atoms with Crippen LogP contribution in [0.3, 0.4) is 0 Å². The molecule has 0 bridgehead atoms. The van der Waals surface area contributed by atoms with E-state index >= 15 is 0 Å². The Labute approximate surface area is 187 Å². The molecule has 1 saturated heterocycles. The summed E-state index contributed by atoms with van der Waals surface area (Å²) in [6, 6.07) is 8.30. The van der Waals surface area contributed by atoms with Crippen molar-refractivity contribution < 1.29 is 19.4 Å². The second kappa shape index (κ2) is 9.48. The Morgan fingerprint density at radius 2 is 1.71 bits per heavy atom. The molecular weight excluding hydrogens is 392 g/mol. The monoisotopic (exact) mass is 430 g/mol. The molecule has 2 aliphatic rings. The highest BCUT2D eigenvalue weighted by Gasteiger charge is 2.48. The van der Waals surface area contributed by atoms with Crippen molar-refractivity contribution in [1.82, 2.24) is 5.06 Å². The number of anilines is 1. The van der Waals surface area contributed by atoms with Gasteiger partial charge >= 0.3 is 0 Å². The number of hydrogen-bond donors (Lipinski definition) is 1. The summed E-state index contributed by atoms with van der Waals surface area (Å²) < 4.78 is 11.6. The maximum Gasteiger partial charge on any atom is 0.190 e. The number of rotatable bonds is 5. The van der Waals surface area contributed by atoms with E-state index in [1.807, 2.05) is 58.7 Å². The zero-order valence-corrected chi connectivity index (χ0v) is 19.9. The van der Waals surface area contributed by atoms with Gasteiger partial charge in [0.15, 0.2) is 5.79 Å². The van der Waals surface area contributed by atoms with Crippen molar-refractivity contribution in [2.24, 2.45) is 0 Å². The molecule has 0 amide bonds. The first kappa shape index (κ1) is 24.0. The van der Waals surface area contributed by atoms with Gasteiger partial charge < -0.3 is 19.5 Å². The van der Waals surface area contributed by atoms with Crippen molar-refractivity contribution >= 4 is 5.69 Å². The summed E-state index contributed by atoms with van der Waals surface area (Å²) in [5, 5.41) is 12.5. The largest absolute Gasteiger partial charge is 0.372 e. The Hall–Kier alpha value is -1.62. The summed E-state index contributed by atoms with van der Waals surface area (Å²) in [5.41, 5.74) is 1.77. The minimum absolute atomic E-state index is 0.0592. The molecule has 6 heteroatoms. The van der Waals surface area contributed by atoms with Crippen LogP contribution < -0.4 is 4.90 Å². The van der Waals surface area contributed by atoms with E-state index in [1.165, 1.54) is 0 Å². The van der Waals surface area contributed by atoms with E-state index in [0.29, 0.717) is 19.4 Å². The summed E-state index contributed by atoms with van der Waals surface area (Å²) in [7, 11) is 0. The quantitative estimate of drug-likeness (QED) is 0.569. The molecule has 0 spiro atoms. The molecule has 172 valence electrons. The van der Waals surface area contributed by atoms with Crippen LogP contribution in [0.4, 0.5) is 5.69 Å². The molecule has 0 atom stereocenters. The first-order chi connectivity index (χ1) is 14.4. The van der Waals surface area contributed by atoms with Crippen LogP contribution in [0.15, 0.2) is 24.3 Å². The van der Waals surface area contributed by atoms with E-state index in [4.69, 9.17) is 14.3 Å². The lowest BCUT2D eigenvalue weighted by Crippen LogP contribution is -2.57. The molecule has 0 aromatic heterocycles. The normalized spacial score (nSPS) is 25.0. The highest BCUT2D eigenvalue weighted by Crippen LogP contribution is 2.38. The van der Waals surface area contributed by atoms with Gasteiger partial charge in [0.25, 0.3) is 0 Å². The minimum atomic E-state index is -1.09. The van der Waals surface area contributed by atoms with Crippen LogP contribution in [0.25, 0.3) is 0 Å². The Kier molecular flexibility index (Phi) is 7.35. The van der Waals surface area contributed by atoms with Crippen molar-refractivity contribution in [2.45, 2.75) is 77.5 Å². The fraction of sp³-hybridized carbons (Fsp3) is 0.680. The number of hydroxylamine groups is 2. The number of piperazine rings is 1. The van der Waals surface area contributed by atoms with Gasteiger partial charge in [0, 0.05) is 50.3 Å². The van der Waals surface area contributed by atoms with Gasteiger partial charge in [0.1, 0.15) is 6.61 Å². The van der Waals surface area contributed by atoms with Gasteiger partial charge in [0.05, 0.1) is 17.3 Å². The predicted molar refractivity (Wildman–Crippen MR) is 123 cm³/mol. The van der Waals surface area contributed by atoms with Crippen LogP contribution in [0.2, 0.25) is 0 Å². The van der Waals surface area contributed by atoms with E-state index < -0.39 is 5.79 Å². The second-order valence-electron chi connectivity index (χ2n) is 10.5. The highest BCUT2D eigenvalue weighted by atomic mass is 16.8. The molecule has 31 heavy (non-hydrogen) atoms. The third-order valence-corrected chi connectivity index (χ3v) is 5.17. The highest BCUT2D eigenvalue weighted by molar-refractivity contribution is 5.52. The molecule has 1 aliphatic heterocycles. The smallest absolute Gasteiger partial charge is 0.190 e. The fourth-order valence-corrected chi connectivity index (χ4v) is 3.76. The van der Waals surface area contributed by atoms with Gasteiger partial charge in [-0.1, -0.05) is 17.9 Å².